The molecule has 0 amide bonds. The summed E-state index contributed by atoms with van der Waals surface area (Å²) in [6, 6.07) is 7.72. The summed E-state index contributed by atoms with van der Waals surface area (Å²) in [6.45, 7) is 6.53. The summed E-state index contributed by atoms with van der Waals surface area (Å²) >= 11 is 3.43. The van der Waals surface area contributed by atoms with E-state index >= 15 is 0 Å². The molecule has 2 aromatic rings. The van der Waals surface area contributed by atoms with E-state index in [-0.39, 0.29) is 17.6 Å². The summed E-state index contributed by atoms with van der Waals surface area (Å²) in [5.41, 5.74) is 3.72. The van der Waals surface area contributed by atoms with Crippen molar-refractivity contribution in [1.29, 1.82) is 0 Å². The summed E-state index contributed by atoms with van der Waals surface area (Å²) in [6.07, 6.45) is 4.32. The maximum atomic E-state index is 13.3. The molecule has 27 heavy (non-hydrogen) atoms. The first kappa shape index (κ1) is 19.6. The molecular formula is C22H24BrNO3. The Morgan fingerprint density at radius 1 is 1.37 bits per heavy atom. The van der Waals surface area contributed by atoms with Crippen LogP contribution in [0.5, 0.6) is 11.5 Å². The number of allylic oxidation sites excluding steroid dienone is 2. The van der Waals surface area contributed by atoms with E-state index in [1.807, 2.05) is 37.3 Å². The number of fused-ring (bicyclic) bond motifs is 1. The minimum absolute atomic E-state index is 0.0944. The Kier molecular flexibility index (Phi) is 6.00. The van der Waals surface area contributed by atoms with E-state index in [1.165, 1.54) is 0 Å². The summed E-state index contributed by atoms with van der Waals surface area (Å²) < 4.78 is 11.9. The fraction of sp³-hybridized carbons (Fsp3) is 0.364. The number of hydrogen-bond donors (Lipinski definition) is 0. The first-order valence-electron chi connectivity index (χ1n) is 9.10. The van der Waals surface area contributed by atoms with Gasteiger partial charge in [0.2, 0.25) is 0 Å². The minimum atomic E-state index is -0.223. The first-order valence-corrected chi connectivity index (χ1v) is 9.90. The van der Waals surface area contributed by atoms with Crippen molar-refractivity contribution in [3.8, 4) is 11.5 Å². The highest BCUT2D eigenvalue weighted by molar-refractivity contribution is 9.10. The van der Waals surface area contributed by atoms with E-state index < -0.39 is 0 Å². The van der Waals surface area contributed by atoms with Crippen molar-refractivity contribution < 1.29 is 14.3 Å². The lowest BCUT2D eigenvalue weighted by Crippen LogP contribution is -2.29. The standard InChI is InChI=1S/C22H24BrNO3/c1-5-17(19-11-24-21(23)10-18(19)13(2)3)22(25)15-8-14-9-16(26-4)6-7-20(14)27-12-15/h5-7,9-11,13,15H,8,12H2,1-4H3/b17-5+. The average molecular weight is 430 g/mol. The number of pyridine rings is 1. The lowest BCUT2D eigenvalue weighted by molar-refractivity contribution is -0.118. The molecule has 0 fully saturated rings. The molecule has 3 rings (SSSR count). The maximum absolute atomic E-state index is 13.3. The first-order chi connectivity index (χ1) is 12.9. The predicted octanol–water partition coefficient (Wildman–Crippen LogP) is 5.20. The van der Waals surface area contributed by atoms with Crippen molar-refractivity contribution >= 4 is 27.3 Å². The van der Waals surface area contributed by atoms with Crippen LogP contribution in [0, 0.1) is 5.92 Å². The monoisotopic (exact) mass is 429 g/mol. The Hall–Kier alpha value is -2.14. The fourth-order valence-electron chi connectivity index (χ4n) is 3.46. The molecule has 2 heterocycles. The van der Waals surface area contributed by atoms with Gasteiger partial charge in [-0.25, -0.2) is 4.98 Å². The molecule has 0 spiro atoms. The lowest BCUT2D eigenvalue weighted by atomic mass is 9.84. The second-order valence-corrected chi connectivity index (χ2v) is 7.81. The number of carbonyl (C=O) groups excluding carboxylic acids is 1. The lowest BCUT2D eigenvalue weighted by Gasteiger charge is -2.26. The van der Waals surface area contributed by atoms with Crippen LogP contribution in [0.3, 0.4) is 0 Å². The number of hydrogen-bond acceptors (Lipinski definition) is 4. The van der Waals surface area contributed by atoms with Crippen LogP contribution in [-0.2, 0) is 11.2 Å². The largest absolute Gasteiger partial charge is 0.497 e. The number of Topliss-reactive ketones (excluding diaryl/α,β-unsaturated/α-hetero) is 1. The van der Waals surface area contributed by atoms with Crippen molar-refractivity contribution in [2.45, 2.75) is 33.1 Å². The topological polar surface area (TPSA) is 48.4 Å². The van der Waals surface area contributed by atoms with Crippen molar-refractivity contribution in [1.82, 2.24) is 4.98 Å². The van der Waals surface area contributed by atoms with Crippen LogP contribution in [0.4, 0.5) is 0 Å². The molecule has 0 N–H and O–H groups in total. The Labute approximate surface area is 168 Å². The van der Waals surface area contributed by atoms with Gasteiger partial charge in [-0.15, -0.1) is 0 Å². The Morgan fingerprint density at radius 3 is 2.81 bits per heavy atom. The number of ether oxygens (including phenoxy) is 2. The number of rotatable bonds is 5. The second kappa shape index (κ2) is 8.26. The zero-order valence-electron chi connectivity index (χ0n) is 16.1. The highest BCUT2D eigenvalue weighted by atomic mass is 79.9. The highest BCUT2D eigenvalue weighted by Crippen LogP contribution is 2.34. The van der Waals surface area contributed by atoms with Crippen LogP contribution in [0.15, 0.2) is 41.1 Å². The van der Waals surface area contributed by atoms with Crippen LogP contribution < -0.4 is 9.47 Å². The molecule has 4 nitrogen and oxygen atoms in total. The van der Waals surface area contributed by atoms with E-state index in [9.17, 15) is 4.79 Å². The molecule has 1 atom stereocenters. The van der Waals surface area contributed by atoms with E-state index in [0.29, 0.717) is 18.6 Å². The third-order valence-corrected chi connectivity index (χ3v) is 5.35. The van der Waals surface area contributed by atoms with Gasteiger partial charge in [-0.1, -0.05) is 19.9 Å². The fourth-order valence-corrected chi connectivity index (χ4v) is 3.81. The highest BCUT2D eigenvalue weighted by Gasteiger charge is 2.30. The number of halogens is 1. The van der Waals surface area contributed by atoms with Gasteiger partial charge in [0.1, 0.15) is 16.1 Å². The maximum Gasteiger partial charge on any atom is 0.170 e. The molecule has 142 valence electrons. The van der Waals surface area contributed by atoms with Crippen LogP contribution in [-0.4, -0.2) is 24.5 Å². The van der Waals surface area contributed by atoms with E-state index in [2.05, 4.69) is 34.8 Å². The molecule has 1 aliphatic heterocycles. The quantitative estimate of drug-likeness (QED) is 0.483. The minimum Gasteiger partial charge on any atom is -0.497 e. The molecule has 1 aromatic carbocycles. The van der Waals surface area contributed by atoms with Crippen molar-refractivity contribution in [2.75, 3.05) is 13.7 Å². The van der Waals surface area contributed by atoms with Gasteiger partial charge < -0.3 is 9.47 Å². The van der Waals surface area contributed by atoms with E-state index in [0.717, 1.165) is 32.8 Å². The molecule has 0 aliphatic carbocycles. The summed E-state index contributed by atoms with van der Waals surface area (Å²) in [5, 5.41) is 0. The summed E-state index contributed by atoms with van der Waals surface area (Å²) in [5.74, 6) is 1.76. The van der Waals surface area contributed by atoms with Gasteiger partial charge in [0.15, 0.2) is 5.78 Å². The number of aromatic nitrogens is 1. The molecule has 1 unspecified atom stereocenters. The third-order valence-electron chi connectivity index (χ3n) is 4.91. The Bertz CT molecular complexity index is 889. The molecule has 0 bridgehead atoms. The third kappa shape index (κ3) is 4.08. The molecule has 0 saturated heterocycles. The van der Waals surface area contributed by atoms with Gasteiger partial charge in [0.05, 0.1) is 19.6 Å². The zero-order valence-corrected chi connectivity index (χ0v) is 17.7. The van der Waals surface area contributed by atoms with Gasteiger partial charge in [-0.2, -0.15) is 0 Å². The number of nitrogens with zero attached hydrogens (tertiary/aromatic N) is 1. The van der Waals surface area contributed by atoms with Gasteiger partial charge in [0, 0.05) is 17.3 Å². The number of methoxy groups -OCH3 is 1. The molecule has 0 radical (unpaired) electrons. The Balaban J connectivity index is 1.91. The van der Waals surface area contributed by atoms with Crippen molar-refractivity contribution in [3.63, 3.8) is 0 Å². The molecule has 0 saturated carbocycles. The van der Waals surface area contributed by atoms with Crippen molar-refractivity contribution in [3.05, 3.63) is 57.8 Å². The van der Waals surface area contributed by atoms with Crippen molar-refractivity contribution in [2.24, 2.45) is 5.92 Å². The van der Waals surface area contributed by atoms with Gasteiger partial charge in [0.25, 0.3) is 0 Å². The van der Waals surface area contributed by atoms with E-state index in [1.54, 1.807) is 13.3 Å². The molecular weight excluding hydrogens is 406 g/mol. The van der Waals surface area contributed by atoms with Gasteiger partial charge in [-0.3, -0.25) is 4.79 Å². The molecule has 1 aromatic heterocycles. The molecule has 1 aliphatic rings. The van der Waals surface area contributed by atoms with Crippen LogP contribution >= 0.6 is 15.9 Å². The predicted molar refractivity (Wildman–Crippen MR) is 110 cm³/mol. The number of ketones is 1. The van der Waals surface area contributed by atoms with Gasteiger partial charge in [-0.05, 0) is 70.6 Å². The molecule has 5 heteroatoms. The smallest absolute Gasteiger partial charge is 0.170 e. The number of carbonyl (C=O) groups is 1. The van der Waals surface area contributed by atoms with E-state index in [4.69, 9.17) is 9.47 Å². The SMILES string of the molecule is C/C=C(/C(=O)C1COc2ccc(OC)cc2C1)c1cnc(Br)cc1C(C)C. The number of benzene rings is 1. The van der Waals surface area contributed by atoms with Crippen LogP contribution in [0.1, 0.15) is 43.4 Å². The van der Waals surface area contributed by atoms with Gasteiger partial charge >= 0.3 is 0 Å². The summed E-state index contributed by atoms with van der Waals surface area (Å²) in [4.78, 5) is 17.7. The second-order valence-electron chi connectivity index (χ2n) is 7.00. The van der Waals surface area contributed by atoms with Crippen LogP contribution in [0.2, 0.25) is 0 Å². The summed E-state index contributed by atoms with van der Waals surface area (Å²) in [7, 11) is 1.64. The zero-order chi connectivity index (χ0) is 19.6. The Morgan fingerprint density at radius 2 is 2.15 bits per heavy atom. The average Bonchev–Trinajstić information content (AvgIpc) is 2.68. The normalized spacial score (nSPS) is 16.7. The van der Waals surface area contributed by atoms with Crippen LogP contribution in [0.25, 0.3) is 5.57 Å².